The second kappa shape index (κ2) is 11.8. The van der Waals surface area contributed by atoms with Crippen LogP contribution in [0.4, 0.5) is 26.3 Å². The summed E-state index contributed by atoms with van der Waals surface area (Å²) >= 11 is 0. The van der Waals surface area contributed by atoms with E-state index in [1.807, 2.05) is 6.92 Å². The Hall–Kier alpha value is -3.04. The van der Waals surface area contributed by atoms with Crippen LogP contribution in [-0.2, 0) is 26.7 Å². The third-order valence-electron chi connectivity index (χ3n) is 5.59. The average molecular weight is 518 g/mol. The number of carbonyl (C=O) groups is 2. The average Bonchev–Trinajstić information content (AvgIpc) is 3.63. The smallest absolute Gasteiger partial charge is 0.416 e. The van der Waals surface area contributed by atoms with Gasteiger partial charge in [-0.3, -0.25) is 9.59 Å². The van der Waals surface area contributed by atoms with Gasteiger partial charge in [0, 0.05) is 12.5 Å². The Morgan fingerprint density at radius 3 is 2.06 bits per heavy atom. The Kier molecular flexibility index (Phi) is 9.57. The maximum Gasteiger partial charge on any atom is 0.416 e. The summed E-state index contributed by atoms with van der Waals surface area (Å²) in [4.78, 5) is 22.6. The first-order valence-electron chi connectivity index (χ1n) is 11.5. The summed E-state index contributed by atoms with van der Waals surface area (Å²) in [7, 11) is 0. The lowest BCUT2D eigenvalue weighted by Gasteiger charge is -2.17. The molecule has 1 atom stereocenters. The number of hydrogen-bond acceptors (Lipinski definition) is 3. The fourth-order valence-corrected chi connectivity index (χ4v) is 3.45. The van der Waals surface area contributed by atoms with E-state index in [2.05, 4.69) is 5.32 Å². The largest absolute Gasteiger partial charge is 0.466 e. The van der Waals surface area contributed by atoms with Crippen molar-refractivity contribution >= 4 is 11.9 Å². The predicted octanol–water partition coefficient (Wildman–Crippen LogP) is 6.90. The van der Waals surface area contributed by atoms with E-state index >= 15 is 0 Å². The molecule has 198 valence electrons. The molecule has 0 spiro atoms. The highest BCUT2D eigenvalue weighted by Crippen LogP contribution is 2.38. The van der Waals surface area contributed by atoms with Gasteiger partial charge in [0.1, 0.15) is 0 Å². The Bertz CT molecular complexity index is 1070. The lowest BCUT2D eigenvalue weighted by Crippen LogP contribution is -2.23. The van der Waals surface area contributed by atoms with Crippen LogP contribution in [0, 0.1) is 12.8 Å². The number of alkyl halides is 6. The summed E-state index contributed by atoms with van der Waals surface area (Å²) in [6, 6.07) is 5.90. The maximum absolute atomic E-state index is 13.3. The molecule has 2 aromatic carbocycles. The SMILES string of the molecule is CCNC(=O)C1CC1.CCOC(=O)C(C)c1cc(-c2ccc(C(F)(F)F)cc2C)cc(C(F)(F)F)c1. The van der Waals surface area contributed by atoms with E-state index in [1.54, 1.807) is 6.92 Å². The molecule has 1 aliphatic carbocycles. The fourth-order valence-electron chi connectivity index (χ4n) is 3.45. The third kappa shape index (κ3) is 7.99. The minimum atomic E-state index is -4.68. The zero-order valence-electron chi connectivity index (χ0n) is 20.4. The van der Waals surface area contributed by atoms with E-state index in [9.17, 15) is 35.9 Å². The second-order valence-electron chi connectivity index (χ2n) is 8.51. The molecule has 36 heavy (non-hydrogen) atoms. The molecule has 2 aromatic rings. The van der Waals surface area contributed by atoms with Gasteiger partial charge in [0.15, 0.2) is 0 Å². The van der Waals surface area contributed by atoms with Crippen molar-refractivity contribution in [2.24, 2.45) is 5.92 Å². The normalized spacial score (nSPS) is 14.4. The summed E-state index contributed by atoms with van der Waals surface area (Å²) in [6.07, 6.45) is -7.03. The van der Waals surface area contributed by atoms with E-state index in [0.717, 1.165) is 49.7 Å². The summed E-state index contributed by atoms with van der Waals surface area (Å²) in [6.45, 7) is 7.17. The third-order valence-corrected chi connectivity index (χ3v) is 5.59. The van der Waals surface area contributed by atoms with Crippen molar-refractivity contribution in [3.8, 4) is 11.1 Å². The van der Waals surface area contributed by atoms with Crippen molar-refractivity contribution in [3.05, 3.63) is 58.7 Å². The molecule has 1 saturated carbocycles. The number of nitrogens with one attached hydrogen (secondary N) is 1. The maximum atomic E-state index is 13.3. The van der Waals surface area contributed by atoms with Gasteiger partial charge in [-0.15, -0.1) is 0 Å². The van der Waals surface area contributed by atoms with Crippen LogP contribution < -0.4 is 5.32 Å². The first-order valence-corrected chi connectivity index (χ1v) is 11.5. The highest BCUT2D eigenvalue weighted by Gasteiger charge is 2.34. The van der Waals surface area contributed by atoms with E-state index in [1.165, 1.54) is 19.9 Å². The van der Waals surface area contributed by atoms with Gasteiger partial charge in [-0.05, 0) is 87.1 Å². The van der Waals surface area contributed by atoms with Gasteiger partial charge in [0.2, 0.25) is 5.91 Å². The molecule has 1 unspecified atom stereocenters. The first-order chi connectivity index (χ1) is 16.7. The highest BCUT2D eigenvalue weighted by atomic mass is 19.4. The topological polar surface area (TPSA) is 55.4 Å². The van der Waals surface area contributed by atoms with E-state index < -0.39 is 35.4 Å². The number of rotatable bonds is 6. The Morgan fingerprint density at radius 2 is 1.58 bits per heavy atom. The van der Waals surface area contributed by atoms with Crippen molar-refractivity contribution in [1.82, 2.24) is 5.32 Å². The number of amides is 1. The fraction of sp³-hybridized carbons (Fsp3) is 0.462. The standard InChI is InChI=1S/C20H18F6O2.C6H11NO/c1-4-28-18(27)12(3)13-8-14(10-16(9-13)20(24,25)26)17-6-5-15(7-11(17)2)19(21,22)23;1-2-7-6(8)5-3-4-5/h5-10,12H,4H2,1-3H3;5H,2-4H2,1H3,(H,7,8). The molecule has 1 fully saturated rings. The molecule has 1 amide bonds. The summed E-state index contributed by atoms with van der Waals surface area (Å²) in [5.41, 5.74) is -1.34. The van der Waals surface area contributed by atoms with Gasteiger partial charge >= 0.3 is 18.3 Å². The van der Waals surface area contributed by atoms with Gasteiger partial charge < -0.3 is 10.1 Å². The molecule has 4 nitrogen and oxygen atoms in total. The zero-order valence-corrected chi connectivity index (χ0v) is 20.4. The summed E-state index contributed by atoms with van der Waals surface area (Å²) in [5, 5.41) is 2.77. The Morgan fingerprint density at radius 1 is 0.972 bits per heavy atom. The van der Waals surface area contributed by atoms with Crippen LogP contribution >= 0.6 is 0 Å². The Balaban J connectivity index is 0.000000482. The Labute approximate surface area is 206 Å². The van der Waals surface area contributed by atoms with Gasteiger partial charge in [-0.2, -0.15) is 26.3 Å². The molecular formula is C26H29F6NO3. The van der Waals surface area contributed by atoms with Gasteiger partial charge in [-0.25, -0.2) is 0 Å². The molecule has 0 radical (unpaired) electrons. The van der Waals surface area contributed by atoms with Gasteiger partial charge in [-0.1, -0.05) is 12.1 Å². The van der Waals surface area contributed by atoms with Crippen molar-refractivity contribution in [3.63, 3.8) is 0 Å². The van der Waals surface area contributed by atoms with E-state index in [4.69, 9.17) is 4.74 Å². The van der Waals surface area contributed by atoms with Crippen LogP contribution in [0.1, 0.15) is 61.8 Å². The minimum absolute atomic E-state index is 0.0718. The molecule has 3 rings (SSSR count). The van der Waals surface area contributed by atoms with Crippen molar-refractivity contribution in [2.75, 3.05) is 13.2 Å². The molecule has 1 N–H and O–H groups in total. The van der Waals surface area contributed by atoms with Crippen molar-refractivity contribution < 1.29 is 40.7 Å². The predicted molar refractivity (Wildman–Crippen MR) is 123 cm³/mol. The molecular weight excluding hydrogens is 488 g/mol. The zero-order chi connectivity index (χ0) is 27.3. The van der Waals surface area contributed by atoms with Crippen LogP contribution in [0.2, 0.25) is 0 Å². The highest BCUT2D eigenvalue weighted by molar-refractivity contribution is 5.80. The number of benzene rings is 2. The van der Waals surface area contributed by atoms with Crippen LogP contribution in [0.5, 0.6) is 0 Å². The number of carbonyl (C=O) groups excluding carboxylic acids is 2. The molecule has 0 bridgehead atoms. The minimum Gasteiger partial charge on any atom is -0.466 e. The summed E-state index contributed by atoms with van der Waals surface area (Å²) in [5.74, 6) is -1.03. The molecule has 0 saturated heterocycles. The quantitative estimate of drug-likeness (QED) is 0.335. The lowest BCUT2D eigenvalue weighted by molar-refractivity contribution is -0.145. The molecule has 0 aliphatic heterocycles. The second-order valence-corrected chi connectivity index (χ2v) is 8.51. The van der Waals surface area contributed by atoms with Crippen LogP contribution in [-0.4, -0.2) is 25.0 Å². The molecule has 0 heterocycles. The number of aryl methyl sites for hydroxylation is 1. The number of halogens is 6. The van der Waals surface area contributed by atoms with Crippen molar-refractivity contribution in [1.29, 1.82) is 0 Å². The van der Waals surface area contributed by atoms with Crippen LogP contribution in [0.3, 0.4) is 0 Å². The van der Waals surface area contributed by atoms with Crippen LogP contribution in [0.15, 0.2) is 36.4 Å². The van der Waals surface area contributed by atoms with E-state index in [0.29, 0.717) is 5.92 Å². The number of ether oxygens (including phenoxy) is 1. The van der Waals surface area contributed by atoms with Crippen molar-refractivity contribution in [2.45, 2.75) is 58.8 Å². The molecule has 1 aliphatic rings. The van der Waals surface area contributed by atoms with Gasteiger partial charge in [0.05, 0.1) is 23.7 Å². The molecule has 10 heteroatoms. The van der Waals surface area contributed by atoms with Crippen LogP contribution in [0.25, 0.3) is 11.1 Å². The first kappa shape index (κ1) is 29.2. The van der Waals surface area contributed by atoms with Gasteiger partial charge in [0.25, 0.3) is 0 Å². The number of esters is 1. The lowest BCUT2D eigenvalue weighted by atomic mass is 9.91. The van der Waals surface area contributed by atoms with E-state index in [-0.39, 0.29) is 34.8 Å². The summed E-state index contributed by atoms with van der Waals surface area (Å²) < 4.78 is 83.4. The molecule has 0 aromatic heterocycles. The monoisotopic (exact) mass is 517 g/mol. The number of hydrogen-bond donors (Lipinski definition) is 1.